The van der Waals surface area contributed by atoms with Gasteiger partial charge in [0.25, 0.3) is 5.91 Å². The van der Waals surface area contributed by atoms with E-state index >= 15 is 0 Å². The van der Waals surface area contributed by atoms with E-state index < -0.39 is 15.6 Å². The van der Waals surface area contributed by atoms with Crippen molar-refractivity contribution in [3.63, 3.8) is 0 Å². The number of nitrogens with zero attached hydrogens (tertiary/aromatic N) is 2. The van der Waals surface area contributed by atoms with Gasteiger partial charge in [-0.1, -0.05) is 18.7 Å². The van der Waals surface area contributed by atoms with Gasteiger partial charge in [0.1, 0.15) is 12.4 Å². The van der Waals surface area contributed by atoms with E-state index in [9.17, 15) is 13.2 Å². The molecule has 1 atom stereocenters. The van der Waals surface area contributed by atoms with Gasteiger partial charge in [-0.15, -0.1) is 0 Å². The lowest BCUT2D eigenvalue weighted by atomic mass is 9.95. The highest BCUT2D eigenvalue weighted by molar-refractivity contribution is 7.92. The number of fused-ring (bicyclic) bond motifs is 1. The van der Waals surface area contributed by atoms with Crippen LogP contribution in [0.25, 0.3) is 17.0 Å². The first-order valence-corrected chi connectivity index (χ1v) is 14.3. The van der Waals surface area contributed by atoms with Crippen molar-refractivity contribution in [1.82, 2.24) is 15.2 Å². The molecule has 0 spiro atoms. The Labute approximate surface area is 217 Å². The van der Waals surface area contributed by atoms with E-state index in [1.807, 2.05) is 25.2 Å². The summed E-state index contributed by atoms with van der Waals surface area (Å²) in [6.45, 7) is 7.12. The van der Waals surface area contributed by atoms with Gasteiger partial charge in [-0.05, 0) is 86.8 Å². The van der Waals surface area contributed by atoms with Crippen LogP contribution in [0, 0.1) is 6.92 Å². The summed E-state index contributed by atoms with van der Waals surface area (Å²) >= 11 is 0. The summed E-state index contributed by atoms with van der Waals surface area (Å²) < 4.78 is 32.6. The minimum absolute atomic E-state index is 0.229. The minimum Gasteiger partial charge on any atom is -0.490 e. The largest absolute Gasteiger partial charge is 0.490 e. The van der Waals surface area contributed by atoms with Crippen molar-refractivity contribution in [1.29, 1.82) is 0 Å². The summed E-state index contributed by atoms with van der Waals surface area (Å²) in [4.78, 5) is 20.3. The van der Waals surface area contributed by atoms with Crippen molar-refractivity contribution >= 4 is 38.6 Å². The Morgan fingerprint density at radius 3 is 2.70 bits per heavy atom. The van der Waals surface area contributed by atoms with Crippen molar-refractivity contribution in [3.8, 4) is 5.75 Å². The van der Waals surface area contributed by atoms with Crippen molar-refractivity contribution in [2.75, 3.05) is 31.2 Å². The summed E-state index contributed by atoms with van der Waals surface area (Å²) in [5.74, 6) is 0.113. The predicted octanol–water partition coefficient (Wildman–Crippen LogP) is 4.06. The first kappa shape index (κ1) is 25.2. The molecule has 2 N–H and O–H groups in total. The number of hydrogen-bond donors (Lipinski definition) is 2. The number of aromatic nitrogens is 1. The number of sulfonamides is 1. The fraction of sp³-hybridized carbons (Fsp3) is 0.357. The maximum Gasteiger partial charge on any atom is 0.252 e. The van der Waals surface area contributed by atoms with Crippen molar-refractivity contribution < 1.29 is 17.9 Å². The average Bonchev–Trinajstić information content (AvgIpc) is 3.62. The lowest BCUT2D eigenvalue weighted by molar-refractivity contribution is 0.0770. The molecule has 1 aliphatic carbocycles. The zero-order valence-corrected chi connectivity index (χ0v) is 22.2. The van der Waals surface area contributed by atoms with E-state index in [0.717, 1.165) is 54.1 Å². The minimum atomic E-state index is -3.53. The second-order valence-electron chi connectivity index (χ2n) is 10.2. The van der Waals surface area contributed by atoms with Crippen LogP contribution in [0.15, 0.2) is 49.2 Å². The molecule has 2 fully saturated rings. The number of amides is 1. The maximum atomic E-state index is 13.6. The summed E-state index contributed by atoms with van der Waals surface area (Å²) in [6, 6.07) is 11.6. The Bertz CT molecular complexity index is 1500. The van der Waals surface area contributed by atoms with Crippen LogP contribution in [-0.4, -0.2) is 56.7 Å². The number of ether oxygens (including phenoxy) is 1. The van der Waals surface area contributed by atoms with E-state index in [1.165, 1.54) is 0 Å². The zero-order valence-electron chi connectivity index (χ0n) is 21.4. The van der Waals surface area contributed by atoms with Gasteiger partial charge in [-0.2, -0.15) is 0 Å². The van der Waals surface area contributed by atoms with Crippen molar-refractivity contribution in [3.05, 3.63) is 71.4 Å². The van der Waals surface area contributed by atoms with Gasteiger partial charge in [-0.3, -0.25) is 19.4 Å². The van der Waals surface area contributed by atoms with Crippen LogP contribution in [0.2, 0.25) is 0 Å². The van der Waals surface area contributed by atoms with E-state index in [1.54, 1.807) is 31.3 Å². The molecule has 2 aromatic carbocycles. The Kier molecular flexibility index (Phi) is 6.45. The molecule has 9 heteroatoms. The molecule has 0 unspecified atom stereocenters. The first-order chi connectivity index (χ1) is 17.6. The average molecular weight is 521 g/mol. The summed E-state index contributed by atoms with van der Waals surface area (Å²) in [6.07, 6.45) is 7.28. The smallest absolute Gasteiger partial charge is 0.252 e. The monoisotopic (exact) mass is 520 g/mol. The molecule has 2 aliphatic rings. The summed E-state index contributed by atoms with van der Waals surface area (Å²) in [5, 5.41) is 4.27. The molecule has 1 aromatic heterocycles. The number of pyridine rings is 1. The molecular weight excluding hydrogens is 488 g/mol. The Morgan fingerprint density at radius 1 is 1.30 bits per heavy atom. The van der Waals surface area contributed by atoms with Gasteiger partial charge in [-0.25, -0.2) is 8.42 Å². The molecule has 194 valence electrons. The molecule has 2 heterocycles. The first-order valence-electron chi connectivity index (χ1n) is 12.4. The van der Waals surface area contributed by atoms with Crippen molar-refractivity contribution in [2.24, 2.45) is 0 Å². The molecule has 8 nitrogen and oxygen atoms in total. The second-order valence-corrected chi connectivity index (χ2v) is 11.9. The predicted molar refractivity (Wildman–Crippen MR) is 146 cm³/mol. The van der Waals surface area contributed by atoms with Crippen LogP contribution in [0.1, 0.15) is 46.3 Å². The quantitative estimate of drug-likeness (QED) is 0.441. The van der Waals surface area contributed by atoms with Crippen LogP contribution in [0.5, 0.6) is 5.75 Å². The highest BCUT2D eigenvalue weighted by atomic mass is 32.2. The van der Waals surface area contributed by atoms with Gasteiger partial charge in [0.05, 0.1) is 23.0 Å². The number of likely N-dealkylation sites (N-methyl/N-ethyl adjacent to an activating group) is 1. The topological polar surface area (TPSA) is 101 Å². The molecule has 1 aliphatic heterocycles. The third-order valence-electron chi connectivity index (χ3n) is 7.33. The maximum absolute atomic E-state index is 13.6. The SMILES string of the molecule is C=Cc1cc(C2(NC(=O)c3cc(OC[C@@H]4CCN4C)c(NS(C)(=O)=O)cc3C)CC2)c2cccnc2c1. The van der Waals surface area contributed by atoms with Gasteiger partial charge in [0.15, 0.2) is 0 Å². The number of anilines is 1. The van der Waals surface area contributed by atoms with E-state index in [0.29, 0.717) is 29.2 Å². The highest BCUT2D eigenvalue weighted by Gasteiger charge is 2.47. The Hall–Kier alpha value is -3.43. The molecule has 1 saturated heterocycles. The van der Waals surface area contributed by atoms with Crippen LogP contribution in [-0.2, 0) is 15.6 Å². The molecule has 1 amide bonds. The molecule has 0 bridgehead atoms. The molecular formula is C28H32N4O4S. The second kappa shape index (κ2) is 9.46. The van der Waals surface area contributed by atoms with E-state index in [-0.39, 0.29) is 11.9 Å². The number of rotatable bonds is 9. The molecule has 5 rings (SSSR count). The third kappa shape index (κ3) is 5.19. The van der Waals surface area contributed by atoms with Crippen LogP contribution < -0.4 is 14.8 Å². The number of carbonyl (C=O) groups is 1. The number of carbonyl (C=O) groups excluding carboxylic acids is 1. The van der Waals surface area contributed by atoms with Crippen LogP contribution in [0.3, 0.4) is 0 Å². The van der Waals surface area contributed by atoms with E-state index in [2.05, 4.69) is 32.6 Å². The van der Waals surface area contributed by atoms with Crippen LogP contribution >= 0.6 is 0 Å². The number of nitrogens with one attached hydrogen (secondary N) is 2. The number of hydrogen-bond acceptors (Lipinski definition) is 6. The summed E-state index contributed by atoms with van der Waals surface area (Å²) in [5.41, 5.74) is 3.77. The summed E-state index contributed by atoms with van der Waals surface area (Å²) in [7, 11) is -1.50. The number of aryl methyl sites for hydroxylation is 1. The Morgan fingerprint density at radius 2 is 2.08 bits per heavy atom. The fourth-order valence-electron chi connectivity index (χ4n) is 4.89. The third-order valence-corrected chi connectivity index (χ3v) is 7.92. The van der Waals surface area contributed by atoms with Crippen molar-refractivity contribution in [2.45, 2.75) is 37.8 Å². The standard InChI is InChI=1S/C28H32N4O4S/c1-5-19-14-23(21-7-6-11-29-24(21)15-19)28(9-10-28)30-27(33)22-16-26(36-17-20-8-12-32(20)3)25(13-18(22)2)31-37(4,34)35/h5-7,11,13-16,20,31H,1,8-10,12,17H2,2-4H3,(H,30,33)/t20-/m0/s1. The van der Waals surface area contributed by atoms with Gasteiger partial charge in [0, 0.05) is 23.2 Å². The van der Waals surface area contributed by atoms with Gasteiger partial charge < -0.3 is 10.1 Å². The Balaban J connectivity index is 1.47. The van der Waals surface area contributed by atoms with Crippen LogP contribution in [0.4, 0.5) is 5.69 Å². The fourth-order valence-corrected chi connectivity index (χ4v) is 5.45. The number of benzene rings is 2. The normalized spacial score (nSPS) is 18.6. The van der Waals surface area contributed by atoms with Gasteiger partial charge in [0.2, 0.25) is 10.0 Å². The van der Waals surface area contributed by atoms with E-state index in [4.69, 9.17) is 4.74 Å². The number of likely N-dealkylation sites (tertiary alicyclic amines) is 1. The lowest BCUT2D eigenvalue weighted by Gasteiger charge is -2.37. The molecule has 3 aromatic rings. The zero-order chi connectivity index (χ0) is 26.4. The molecule has 0 radical (unpaired) electrons. The molecule has 37 heavy (non-hydrogen) atoms. The van der Waals surface area contributed by atoms with Gasteiger partial charge >= 0.3 is 0 Å². The highest BCUT2D eigenvalue weighted by Crippen LogP contribution is 2.48. The molecule has 1 saturated carbocycles. The lowest BCUT2D eigenvalue weighted by Crippen LogP contribution is -2.48.